The van der Waals surface area contributed by atoms with Crippen LogP contribution >= 0.6 is 0 Å². The van der Waals surface area contributed by atoms with Gasteiger partial charge in [-0.05, 0) is 51.0 Å². The zero-order chi connectivity index (χ0) is 23.8. The number of aryl methyl sites for hydroxylation is 1. The lowest BCUT2D eigenvalue weighted by Gasteiger charge is -2.27. The standard InChI is InChI=1S/C21H27N3O7/c1-7-24(16(26)11-23-20(29)31-21(3,4)5)18(19(28)22-12-17(27)30-6)14-8-9-15(25)13(2)10-14/h1,8-10,18,25H,11-12H2,2-6H3,(H,22,28)(H,23,29). The minimum atomic E-state index is -1.33. The van der Waals surface area contributed by atoms with E-state index in [1.807, 2.05) is 0 Å². The second kappa shape index (κ2) is 10.9. The van der Waals surface area contributed by atoms with Crippen LogP contribution in [0.4, 0.5) is 4.79 Å². The Kier molecular flexibility index (Phi) is 8.87. The minimum absolute atomic E-state index is 0.0114. The molecule has 0 aliphatic rings. The van der Waals surface area contributed by atoms with Gasteiger partial charge in [-0.2, -0.15) is 0 Å². The number of hydrogen-bond donors (Lipinski definition) is 3. The monoisotopic (exact) mass is 433 g/mol. The Balaban J connectivity index is 3.12. The van der Waals surface area contributed by atoms with E-state index in [4.69, 9.17) is 11.2 Å². The predicted molar refractivity (Wildman–Crippen MR) is 111 cm³/mol. The van der Waals surface area contributed by atoms with Crippen molar-refractivity contribution in [2.45, 2.75) is 39.3 Å². The van der Waals surface area contributed by atoms with Gasteiger partial charge in [-0.25, -0.2) is 4.79 Å². The number of terminal acetylenes is 1. The Morgan fingerprint density at radius 1 is 1.19 bits per heavy atom. The van der Waals surface area contributed by atoms with Gasteiger partial charge in [0.1, 0.15) is 30.5 Å². The van der Waals surface area contributed by atoms with Gasteiger partial charge >= 0.3 is 12.1 Å². The van der Waals surface area contributed by atoms with Crippen LogP contribution in [0, 0.1) is 19.4 Å². The first-order chi connectivity index (χ1) is 14.4. The summed E-state index contributed by atoms with van der Waals surface area (Å²) < 4.78 is 9.56. The molecule has 1 aromatic rings. The van der Waals surface area contributed by atoms with Crippen molar-refractivity contribution < 1.29 is 33.8 Å². The smallest absolute Gasteiger partial charge is 0.408 e. The van der Waals surface area contributed by atoms with E-state index in [1.54, 1.807) is 27.7 Å². The average molecular weight is 433 g/mol. The second-order valence-electron chi connectivity index (χ2n) is 7.49. The predicted octanol–water partition coefficient (Wildman–Crippen LogP) is 0.975. The summed E-state index contributed by atoms with van der Waals surface area (Å²) in [6.45, 7) is 5.63. The molecule has 1 unspecified atom stereocenters. The topological polar surface area (TPSA) is 134 Å². The van der Waals surface area contributed by atoms with Gasteiger partial charge in [0, 0.05) is 6.04 Å². The first-order valence-electron chi connectivity index (χ1n) is 9.28. The first-order valence-corrected chi connectivity index (χ1v) is 9.28. The average Bonchev–Trinajstić information content (AvgIpc) is 2.68. The Morgan fingerprint density at radius 3 is 2.35 bits per heavy atom. The summed E-state index contributed by atoms with van der Waals surface area (Å²) in [5, 5.41) is 14.4. The van der Waals surface area contributed by atoms with Crippen LogP contribution in [0.3, 0.4) is 0 Å². The van der Waals surface area contributed by atoms with E-state index in [-0.39, 0.29) is 5.75 Å². The molecule has 0 aromatic heterocycles. The van der Waals surface area contributed by atoms with Crippen molar-refractivity contribution in [3.05, 3.63) is 29.3 Å². The van der Waals surface area contributed by atoms with Gasteiger partial charge in [0.15, 0.2) is 0 Å². The van der Waals surface area contributed by atoms with Gasteiger partial charge in [0.05, 0.1) is 7.11 Å². The number of phenolic OH excluding ortho intramolecular Hbond substituents is 1. The second-order valence-corrected chi connectivity index (χ2v) is 7.49. The third-order valence-electron chi connectivity index (χ3n) is 3.87. The van der Waals surface area contributed by atoms with Crippen LogP contribution in [0.5, 0.6) is 5.75 Å². The highest BCUT2D eigenvalue weighted by molar-refractivity contribution is 5.92. The first kappa shape index (κ1) is 25.3. The Morgan fingerprint density at radius 2 is 1.84 bits per heavy atom. The molecule has 0 saturated heterocycles. The molecular weight excluding hydrogens is 406 g/mol. The van der Waals surface area contributed by atoms with Crippen molar-refractivity contribution in [3.63, 3.8) is 0 Å². The summed E-state index contributed by atoms with van der Waals surface area (Å²) in [5.41, 5.74) is -0.0282. The quantitative estimate of drug-likeness (QED) is 0.331. The van der Waals surface area contributed by atoms with Crippen LogP contribution in [0.2, 0.25) is 0 Å². The SMILES string of the molecule is C#CN(C(=O)CNC(=O)OC(C)(C)C)C(C(=O)NCC(=O)OC)c1ccc(O)c(C)c1. The number of nitrogens with one attached hydrogen (secondary N) is 2. The maximum Gasteiger partial charge on any atom is 0.408 e. The number of hydrogen-bond acceptors (Lipinski definition) is 7. The fraction of sp³-hybridized carbons (Fsp3) is 0.429. The third kappa shape index (κ3) is 7.89. The van der Waals surface area contributed by atoms with Crippen molar-refractivity contribution in [1.29, 1.82) is 0 Å². The van der Waals surface area contributed by atoms with E-state index in [0.29, 0.717) is 11.1 Å². The normalized spacial score (nSPS) is 11.5. The molecule has 0 aliphatic carbocycles. The van der Waals surface area contributed by atoms with E-state index in [9.17, 15) is 24.3 Å². The van der Waals surface area contributed by atoms with E-state index in [0.717, 1.165) is 12.0 Å². The molecule has 168 valence electrons. The molecule has 31 heavy (non-hydrogen) atoms. The molecule has 0 heterocycles. The maximum atomic E-state index is 12.8. The fourth-order valence-corrected chi connectivity index (χ4v) is 2.43. The third-order valence-corrected chi connectivity index (χ3v) is 3.87. The molecule has 0 fully saturated rings. The number of carbonyl (C=O) groups is 4. The summed E-state index contributed by atoms with van der Waals surface area (Å²) in [6, 6.07) is 5.06. The van der Waals surface area contributed by atoms with Crippen LogP contribution in [0.15, 0.2) is 18.2 Å². The molecule has 10 heteroatoms. The number of carbonyl (C=O) groups excluding carboxylic acids is 4. The zero-order valence-electron chi connectivity index (χ0n) is 18.1. The Hall–Kier alpha value is -3.74. The van der Waals surface area contributed by atoms with E-state index in [1.165, 1.54) is 18.2 Å². The van der Waals surface area contributed by atoms with Gasteiger partial charge in [0.2, 0.25) is 5.91 Å². The molecule has 1 atom stereocenters. The molecule has 0 radical (unpaired) electrons. The van der Waals surface area contributed by atoms with Crippen molar-refractivity contribution >= 4 is 23.9 Å². The van der Waals surface area contributed by atoms with Gasteiger partial charge in [-0.3, -0.25) is 19.3 Å². The van der Waals surface area contributed by atoms with Gasteiger partial charge < -0.3 is 25.2 Å². The Labute approximate surface area is 180 Å². The number of rotatable bonds is 7. The molecule has 0 saturated carbocycles. The molecule has 0 bridgehead atoms. The molecule has 3 N–H and O–H groups in total. The van der Waals surface area contributed by atoms with Crippen LogP contribution in [0.25, 0.3) is 0 Å². The maximum absolute atomic E-state index is 12.8. The minimum Gasteiger partial charge on any atom is -0.508 e. The van der Waals surface area contributed by atoms with Crippen LogP contribution in [-0.4, -0.2) is 59.7 Å². The van der Waals surface area contributed by atoms with E-state index >= 15 is 0 Å². The molecule has 0 spiro atoms. The zero-order valence-corrected chi connectivity index (χ0v) is 18.1. The van der Waals surface area contributed by atoms with Crippen LogP contribution in [-0.2, 0) is 23.9 Å². The van der Waals surface area contributed by atoms with E-state index < -0.39 is 48.6 Å². The molecular formula is C21H27N3O7. The summed E-state index contributed by atoms with van der Waals surface area (Å²) in [5.74, 6) is -2.22. The number of aromatic hydroxyl groups is 1. The number of esters is 1. The summed E-state index contributed by atoms with van der Waals surface area (Å²) in [4.78, 5) is 49.5. The summed E-state index contributed by atoms with van der Waals surface area (Å²) in [6.07, 6.45) is 4.67. The summed E-state index contributed by atoms with van der Waals surface area (Å²) in [7, 11) is 1.16. The molecule has 10 nitrogen and oxygen atoms in total. The Bertz CT molecular complexity index is 884. The number of nitrogens with zero attached hydrogens (tertiary/aromatic N) is 1. The van der Waals surface area contributed by atoms with Crippen molar-refractivity contribution in [2.75, 3.05) is 20.2 Å². The fourth-order valence-electron chi connectivity index (χ4n) is 2.43. The van der Waals surface area contributed by atoms with Crippen molar-refractivity contribution in [2.24, 2.45) is 0 Å². The van der Waals surface area contributed by atoms with E-state index in [2.05, 4.69) is 21.4 Å². The van der Waals surface area contributed by atoms with Crippen molar-refractivity contribution in [3.8, 4) is 18.2 Å². The summed E-state index contributed by atoms with van der Waals surface area (Å²) >= 11 is 0. The number of alkyl carbamates (subject to hydrolysis) is 1. The van der Waals surface area contributed by atoms with Gasteiger partial charge in [0.25, 0.3) is 5.91 Å². The lowest BCUT2D eigenvalue weighted by molar-refractivity contribution is -0.142. The van der Waals surface area contributed by atoms with Crippen molar-refractivity contribution in [1.82, 2.24) is 15.5 Å². The highest BCUT2D eigenvalue weighted by Gasteiger charge is 2.32. The van der Waals surface area contributed by atoms with Gasteiger partial charge in [-0.15, -0.1) is 0 Å². The number of amides is 3. The molecule has 3 amide bonds. The largest absolute Gasteiger partial charge is 0.508 e. The molecule has 1 aromatic carbocycles. The molecule has 0 aliphatic heterocycles. The highest BCUT2D eigenvalue weighted by Crippen LogP contribution is 2.26. The highest BCUT2D eigenvalue weighted by atomic mass is 16.6. The number of phenols is 1. The lowest BCUT2D eigenvalue weighted by atomic mass is 10.0. The lowest BCUT2D eigenvalue weighted by Crippen LogP contribution is -2.46. The van der Waals surface area contributed by atoms with Gasteiger partial charge in [-0.1, -0.05) is 12.5 Å². The van der Waals surface area contributed by atoms with Crippen LogP contribution < -0.4 is 10.6 Å². The number of ether oxygens (including phenoxy) is 2. The molecule has 1 rings (SSSR count). The number of benzene rings is 1. The number of methoxy groups -OCH3 is 1. The van der Waals surface area contributed by atoms with Crippen LogP contribution in [0.1, 0.15) is 37.9 Å².